The second-order valence-corrected chi connectivity index (χ2v) is 5.52. The Kier molecular flexibility index (Phi) is 6.34. The molecule has 0 spiro atoms. The van der Waals surface area contributed by atoms with E-state index in [0.29, 0.717) is 0 Å². The molecule has 0 radical (unpaired) electrons. The molecule has 0 rings (SSSR count). The number of rotatable bonds is 2. The Balaban J connectivity index is 0. The van der Waals surface area contributed by atoms with Gasteiger partial charge in [-0.05, 0) is 0 Å². The zero-order valence-corrected chi connectivity index (χ0v) is 13.6. The first-order valence-electron chi connectivity index (χ1n) is 4.62. The predicted molar refractivity (Wildman–Crippen MR) is 53.5 cm³/mol. The van der Waals surface area contributed by atoms with Crippen LogP contribution in [0.15, 0.2) is 0 Å². The van der Waals surface area contributed by atoms with Crippen LogP contribution in [-0.4, -0.2) is 11.6 Å². The fourth-order valence-electron chi connectivity index (χ4n) is 0.676. The quantitative estimate of drug-likeness (QED) is 0.559. The molecular formula is C11H20HfO2. The molecule has 0 N–H and O–H groups in total. The van der Waals surface area contributed by atoms with Gasteiger partial charge in [0.25, 0.3) is 0 Å². The Hall–Kier alpha value is 0.210. The van der Waals surface area contributed by atoms with Crippen molar-refractivity contribution in [1.29, 1.82) is 0 Å². The number of carbonyl (C=O) groups excluding carboxylic acids is 2. The molecule has 0 bridgehead atoms. The molecular weight excluding hydrogens is 343 g/mol. The van der Waals surface area contributed by atoms with Crippen molar-refractivity contribution in [2.75, 3.05) is 0 Å². The van der Waals surface area contributed by atoms with Crippen molar-refractivity contribution in [3.63, 3.8) is 0 Å². The van der Waals surface area contributed by atoms with E-state index in [9.17, 15) is 9.59 Å². The van der Waals surface area contributed by atoms with Crippen molar-refractivity contribution < 1.29 is 35.4 Å². The second kappa shape index (κ2) is 5.34. The third-order valence-electron chi connectivity index (χ3n) is 1.99. The SMILES string of the molecule is CC(C)(C)C(=O)CC(=O)C(C)(C)C.[Hf]. The number of carbonyl (C=O) groups is 2. The summed E-state index contributed by atoms with van der Waals surface area (Å²) in [5.41, 5.74) is -0.804. The molecule has 0 aliphatic carbocycles. The molecule has 0 heterocycles. The maximum absolute atomic E-state index is 11.5. The molecule has 0 fully saturated rings. The van der Waals surface area contributed by atoms with E-state index in [1.807, 2.05) is 41.5 Å². The van der Waals surface area contributed by atoms with Crippen LogP contribution in [0.4, 0.5) is 0 Å². The molecule has 0 aromatic rings. The summed E-state index contributed by atoms with van der Waals surface area (Å²) in [5, 5.41) is 0. The van der Waals surface area contributed by atoms with Gasteiger partial charge in [-0.3, -0.25) is 9.59 Å². The molecule has 14 heavy (non-hydrogen) atoms. The number of ketones is 2. The van der Waals surface area contributed by atoms with E-state index in [1.165, 1.54) is 0 Å². The van der Waals surface area contributed by atoms with E-state index in [-0.39, 0.29) is 43.8 Å². The molecule has 0 saturated heterocycles. The van der Waals surface area contributed by atoms with Crippen molar-refractivity contribution in [3.05, 3.63) is 0 Å². The molecule has 0 amide bonds. The van der Waals surface area contributed by atoms with Gasteiger partial charge in [0.05, 0.1) is 6.42 Å². The summed E-state index contributed by atoms with van der Waals surface area (Å²) in [6.07, 6.45) is 0.0625. The number of hydrogen-bond acceptors (Lipinski definition) is 2. The van der Waals surface area contributed by atoms with Gasteiger partial charge in [-0.25, -0.2) is 0 Å². The van der Waals surface area contributed by atoms with Gasteiger partial charge in [0.1, 0.15) is 11.6 Å². The van der Waals surface area contributed by atoms with Gasteiger partial charge in [0.15, 0.2) is 0 Å². The molecule has 80 valence electrons. The summed E-state index contributed by atoms with van der Waals surface area (Å²) < 4.78 is 0. The van der Waals surface area contributed by atoms with Crippen LogP contribution in [0.25, 0.3) is 0 Å². The van der Waals surface area contributed by atoms with Crippen LogP contribution in [0.1, 0.15) is 48.0 Å². The molecule has 0 aliphatic rings. The van der Waals surface area contributed by atoms with Crippen LogP contribution in [0.2, 0.25) is 0 Å². The van der Waals surface area contributed by atoms with Gasteiger partial charge in [-0.15, -0.1) is 0 Å². The first kappa shape index (κ1) is 16.6. The minimum Gasteiger partial charge on any atom is -0.299 e. The van der Waals surface area contributed by atoms with E-state index < -0.39 is 10.8 Å². The third kappa shape index (κ3) is 5.84. The normalized spacial score (nSPS) is 11.9. The molecule has 2 nitrogen and oxygen atoms in total. The smallest absolute Gasteiger partial charge is 0.145 e. The average molecular weight is 363 g/mol. The summed E-state index contributed by atoms with van der Waals surface area (Å²) in [4.78, 5) is 23.0. The largest absolute Gasteiger partial charge is 0.299 e. The van der Waals surface area contributed by atoms with Crippen LogP contribution in [0, 0.1) is 10.8 Å². The topological polar surface area (TPSA) is 34.1 Å². The van der Waals surface area contributed by atoms with Crippen LogP contribution in [0.3, 0.4) is 0 Å². The fourth-order valence-corrected chi connectivity index (χ4v) is 0.676. The first-order chi connectivity index (χ1) is 5.55. The maximum atomic E-state index is 11.5. The Morgan fingerprint density at radius 2 is 1.00 bits per heavy atom. The van der Waals surface area contributed by atoms with Crippen molar-refractivity contribution in [2.24, 2.45) is 10.8 Å². The summed E-state index contributed by atoms with van der Waals surface area (Å²) in [5.74, 6) is 0.0415. The van der Waals surface area contributed by atoms with Gasteiger partial charge < -0.3 is 0 Å². The third-order valence-corrected chi connectivity index (χ3v) is 1.99. The summed E-state index contributed by atoms with van der Waals surface area (Å²) in [7, 11) is 0. The predicted octanol–water partition coefficient (Wildman–Crippen LogP) is 2.60. The van der Waals surface area contributed by atoms with E-state index in [0.717, 1.165) is 0 Å². The Morgan fingerprint density at radius 1 is 0.786 bits per heavy atom. The van der Waals surface area contributed by atoms with E-state index in [1.54, 1.807) is 0 Å². The van der Waals surface area contributed by atoms with Crippen molar-refractivity contribution in [1.82, 2.24) is 0 Å². The van der Waals surface area contributed by atoms with Crippen molar-refractivity contribution in [3.8, 4) is 0 Å². The monoisotopic (exact) mass is 364 g/mol. The minimum atomic E-state index is -0.402. The van der Waals surface area contributed by atoms with E-state index in [2.05, 4.69) is 0 Å². The van der Waals surface area contributed by atoms with E-state index in [4.69, 9.17) is 0 Å². The van der Waals surface area contributed by atoms with Crippen molar-refractivity contribution >= 4 is 11.6 Å². The van der Waals surface area contributed by atoms with Crippen LogP contribution < -0.4 is 0 Å². The number of hydrogen-bond donors (Lipinski definition) is 0. The van der Waals surface area contributed by atoms with Gasteiger partial charge in [0.2, 0.25) is 0 Å². The van der Waals surface area contributed by atoms with Crippen molar-refractivity contribution in [2.45, 2.75) is 48.0 Å². The van der Waals surface area contributed by atoms with Crippen LogP contribution in [-0.2, 0) is 35.4 Å². The van der Waals surface area contributed by atoms with Gasteiger partial charge in [-0.1, -0.05) is 41.5 Å². The van der Waals surface area contributed by atoms with E-state index >= 15 is 0 Å². The minimum absolute atomic E-state index is 0. The Labute approximate surface area is 106 Å². The zero-order chi connectivity index (χ0) is 10.9. The summed E-state index contributed by atoms with van der Waals surface area (Å²) in [6.45, 7) is 11.0. The molecule has 0 aromatic carbocycles. The number of Topliss-reactive ketones (excluding diaryl/α,β-unsaturated/α-hetero) is 2. The average Bonchev–Trinajstić information content (AvgIpc) is 1.82. The molecule has 0 aliphatic heterocycles. The Morgan fingerprint density at radius 3 is 1.14 bits per heavy atom. The Bertz CT molecular complexity index is 194. The summed E-state index contributed by atoms with van der Waals surface area (Å²) in [6, 6.07) is 0. The van der Waals surface area contributed by atoms with Gasteiger partial charge >= 0.3 is 0 Å². The molecule has 0 aromatic heterocycles. The second-order valence-electron chi connectivity index (χ2n) is 5.52. The standard InChI is InChI=1S/C11H20O2.Hf/c1-10(2,3)8(12)7-9(13)11(4,5)6;/h7H2,1-6H3;. The molecule has 3 heteroatoms. The molecule has 0 saturated carbocycles. The molecule has 0 unspecified atom stereocenters. The fraction of sp³-hybridized carbons (Fsp3) is 0.818. The van der Waals surface area contributed by atoms with Crippen LogP contribution >= 0.6 is 0 Å². The van der Waals surface area contributed by atoms with Gasteiger partial charge in [-0.2, -0.15) is 0 Å². The zero-order valence-electron chi connectivity index (χ0n) is 10.0. The summed E-state index contributed by atoms with van der Waals surface area (Å²) >= 11 is 0. The van der Waals surface area contributed by atoms with Crippen LogP contribution in [0.5, 0.6) is 0 Å². The maximum Gasteiger partial charge on any atom is 0.145 e. The first-order valence-corrected chi connectivity index (χ1v) is 4.62. The van der Waals surface area contributed by atoms with Gasteiger partial charge in [0, 0.05) is 36.7 Å². The molecule has 0 atom stereocenters.